The molecule has 1 atom stereocenters. The Labute approximate surface area is 105 Å². The molecule has 1 amide bonds. The second-order valence-electron chi connectivity index (χ2n) is 4.83. The minimum absolute atomic E-state index is 0.0990. The van der Waals surface area contributed by atoms with E-state index in [4.69, 9.17) is 4.52 Å². The predicted molar refractivity (Wildman–Crippen MR) is 62.2 cm³/mol. The third-order valence-corrected chi connectivity index (χ3v) is 3.44. The number of aromatic nitrogens is 1. The van der Waals surface area contributed by atoms with Gasteiger partial charge in [-0.3, -0.25) is 4.79 Å². The van der Waals surface area contributed by atoms with E-state index in [2.05, 4.69) is 5.16 Å². The van der Waals surface area contributed by atoms with Gasteiger partial charge in [0.05, 0.1) is 5.69 Å². The first-order chi connectivity index (χ1) is 8.45. The molecule has 0 radical (unpaired) electrons. The summed E-state index contributed by atoms with van der Waals surface area (Å²) in [7, 11) is 0. The van der Waals surface area contributed by atoms with E-state index in [1.807, 2.05) is 0 Å². The summed E-state index contributed by atoms with van der Waals surface area (Å²) in [4.78, 5) is 25.0. The molecule has 0 aromatic carbocycles. The van der Waals surface area contributed by atoms with Gasteiger partial charge in [-0.2, -0.15) is 0 Å². The van der Waals surface area contributed by atoms with Crippen LogP contribution in [0.4, 0.5) is 0 Å². The van der Waals surface area contributed by atoms with Crippen LogP contribution < -0.4 is 0 Å². The Bertz CT molecular complexity index is 482. The van der Waals surface area contributed by atoms with Gasteiger partial charge in [-0.05, 0) is 33.1 Å². The highest BCUT2D eigenvalue weighted by Crippen LogP contribution is 2.29. The number of carboxylic acids is 1. The lowest BCUT2D eigenvalue weighted by Crippen LogP contribution is -2.57. The van der Waals surface area contributed by atoms with Crippen LogP contribution in [0.5, 0.6) is 0 Å². The number of amides is 1. The average molecular weight is 252 g/mol. The lowest BCUT2D eigenvalue weighted by molar-refractivity contribution is -0.150. The first kappa shape index (κ1) is 12.6. The molecule has 0 aliphatic carbocycles. The molecule has 1 aliphatic heterocycles. The number of aliphatic carboxylic acids is 1. The molecule has 0 saturated carbocycles. The van der Waals surface area contributed by atoms with Crippen molar-refractivity contribution in [2.75, 3.05) is 6.54 Å². The van der Waals surface area contributed by atoms with Gasteiger partial charge in [-0.15, -0.1) is 0 Å². The zero-order valence-corrected chi connectivity index (χ0v) is 10.5. The summed E-state index contributed by atoms with van der Waals surface area (Å²) in [5.74, 6) is -1.28. The van der Waals surface area contributed by atoms with Crippen LogP contribution in [0.15, 0.2) is 10.6 Å². The number of likely N-dealkylation sites (tertiary alicyclic amines) is 1. The molecule has 1 N–H and O–H groups in total. The zero-order valence-electron chi connectivity index (χ0n) is 10.5. The van der Waals surface area contributed by atoms with E-state index in [9.17, 15) is 14.7 Å². The highest BCUT2D eigenvalue weighted by atomic mass is 16.5. The van der Waals surface area contributed by atoms with Crippen LogP contribution in [0.2, 0.25) is 0 Å². The number of carbonyl (C=O) groups is 2. The lowest BCUT2D eigenvalue weighted by Gasteiger charge is -2.40. The van der Waals surface area contributed by atoms with Crippen molar-refractivity contribution < 1.29 is 19.2 Å². The summed E-state index contributed by atoms with van der Waals surface area (Å²) in [6.45, 7) is 3.73. The fourth-order valence-electron chi connectivity index (χ4n) is 2.27. The molecule has 1 aromatic rings. The second kappa shape index (κ2) is 4.44. The first-order valence-electron chi connectivity index (χ1n) is 5.94. The summed E-state index contributed by atoms with van der Waals surface area (Å²) < 4.78 is 4.92. The fourth-order valence-corrected chi connectivity index (χ4v) is 2.27. The quantitative estimate of drug-likeness (QED) is 0.861. The minimum Gasteiger partial charge on any atom is -0.480 e. The fraction of sp³-hybridized carbons (Fsp3) is 0.583. The Hall–Kier alpha value is -1.85. The third kappa shape index (κ3) is 1.98. The average Bonchev–Trinajstić information content (AvgIpc) is 2.75. The van der Waals surface area contributed by atoms with Crippen molar-refractivity contribution >= 4 is 11.9 Å². The maximum absolute atomic E-state index is 12.3. The molecular weight excluding hydrogens is 236 g/mol. The van der Waals surface area contributed by atoms with E-state index < -0.39 is 17.4 Å². The molecule has 18 heavy (non-hydrogen) atoms. The van der Waals surface area contributed by atoms with Gasteiger partial charge < -0.3 is 14.5 Å². The largest absolute Gasteiger partial charge is 0.480 e. The van der Waals surface area contributed by atoms with Crippen molar-refractivity contribution in [1.29, 1.82) is 0 Å². The molecule has 2 rings (SSSR count). The number of carbonyl (C=O) groups excluding carboxylic acids is 1. The van der Waals surface area contributed by atoms with Crippen LogP contribution in [0.3, 0.4) is 0 Å². The highest BCUT2D eigenvalue weighted by Gasteiger charge is 2.44. The van der Waals surface area contributed by atoms with E-state index in [1.165, 1.54) is 11.0 Å². The summed E-state index contributed by atoms with van der Waals surface area (Å²) in [6, 6.07) is 1.53. The van der Waals surface area contributed by atoms with Gasteiger partial charge in [0.1, 0.15) is 5.54 Å². The summed E-state index contributed by atoms with van der Waals surface area (Å²) in [5.41, 5.74) is -0.553. The molecule has 0 spiro atoms. The van der Waals surface area contributed by atoms with E-state index in [1.54, 1.807) is 13.8 Å². The van der Waals surface area contributed by atoms with Crippen LogP contribution in [0, 0.1) is 6.92 Å². The minimum atomic E-state index is -1.16. The normalized spacial score (nSPS) is 24.0. The van der Waals surface area contributed by atoms with E-state index >= 15 is 0 Å². The van der Waals surface area contributed by atoms with Crippen molar-refractivity contribution in [2.45, 2.75) is 38.6 Å². The van der Waals surface area contributed by atoms with Crippen LogP contribution in [-0.4, -0.2) is 39.1 Å². The van der Waals surface area contributed by atoms with Crippen LogP contribution in [0.25, 0.3) is 0 Å². The number of carboxylic acid groups (broad SMARTS) is 1. The summed E-state index contributed by atoms with van der Waals surface area (Å²) in [6.07, 6.45) is 2.07. The third-order valence-electron chi connectivity index (χ3n) is 3.44. The Morgan fingerprint density at radius 3 is 2.78 bits per heavy atom. The van der Waals surface area contributed by atoms with Gasteiger partial charge in [0.15, 0.2) is 0 Å². The van der Waals surface area contributed by atoms with Gasteiger partial charge >= 0.3 is 5.97 Å². The van der Waals surface area contributed by atoms with Crippen molar-refractivity contribution in [2.24, 2.45) is 0 Å². The molecular formula is C12H16N2O4. The number of hydrogen-bond donors (Lipinski definition) is 1. The number of hydrogen-bond acceptors (Lipinski definition) is 4. The SMILES string of the molecule is Cc1cc(C(=O)N2CCCCC2(C)C(=O)O)on1. The van der Waals surface area contributed by atoms with E-state index in [0.29, 0.717) is 18.7 Å². The van der Waals surface area contributed by atoms with Gasteiger partial charge in [0.2, 0.25) is 5.76 Å². The smallest absolute Gasteiger partial charge is 0.329 e. The summed E-state index contributed by atoms with van der Waals surface area (Å²) in [5, 5.41) is 13.0. The van der Waals surface area contributed by atoms with Crippen molar-refractivity contribution in [3.8, 4) is 0 Å². The number of rotatable bonds is 2. The Kier molecular flexibility index (Phi) is 3.11. The molecule has 0 bridgehead atoms. The Morgan fingerprint density at radius 1 is 1.50 bits per heavy atom. The van der Waals surface area contributed by atoms with E-state index in [0.717, 1.165) is 12.8 Å². The van der Waals surface area contributed by atoms with Gasteiger partial charge in [0, 0.05) is 12.6 Å². The highest BCUT2D eigenvalue weighted by molar-refractivity contribution is 5.95. The first-order valence-corrected chi connectivity index (χ1v) is 5.94. The molecule has 6 heteroatoms. The maximum atomic E-state index is 12.3. The predicted octanol–water partition coefficient (Wildman–Crippen LogP) is 1.45. The Morgan fingerprint density at radius 2 is 2.22 bits per heavy atom. The molecule has 2 heterocycles. The Balaban J connectivity index is 2.30. The number of nitrogens with zero attached hydrogens (tertiary/aromatic N) is 2. The van der Waals surface area contributed by atoms with Crippen LogP contribution in [0.1, 0.15) is 42.4 Å². The molecule has 1 saturated heterocycles. The topological polar surface area (TPSA) is 83.6 Å². The van der Waals surface area contributed by atoms with Crippen molar-refractivity contribution in [3.63, 3.8) is 0 Å². The molecule has 98 valence electrons. The van der Waals surface area contributed by atoms with E-state index in [-0.39, 0.29) is 5.76 Å². The molecule has 1 aliphatic rings. The lowest BCUT2D eigenvalue weighted by atomic mass is 9.88. The molecule has 1 unspecified atom stereocenters. The van der Waals surface area contributed by atoms with Crippen LogP contribution >= 0.6 is 0 Å². The number of aryl methyl sites for hydroxylation is 1. The summed E-state index contributed by atoms with van der Waals surface area (Å²) >= 11 is 0. The monoisotopic (exact) mass is 252 g/mol. The van der Waals surface area contributed by atoms with Crippen molar-refractivity contribution in [1.82, 2.24) is 10.1 Å². The number of piperidine rings is 1. The van der Waals surface area contributed by atoms with Crippen LogP contribution in [-0.2, 0) is 4.79 Å². The van der Waals surface area contributed by atoms with Crippen molar-refractivity contribution in [3.05, 3.63) is 17.5 Å². The standard InChI is InChI=1S/C12H16N2O4/c1-8-7-9(18-13-8)10(15)14-6-4-3-5-12(14,2)11(16)17/h7H,3-6H2,1-2H3,(H,16,17). The maximum Gasteiger partial charge on any atom is 0.329 e. The van der Waals surface area contributed by atoms with Gasteiger partial charge in [0.25, 0.3) is 5.91 Å². The van der Waals surface area contributed by atoms with Gasteiger partial charge in [-0.25, -0.2) is 4.79 Å². The molecule has 1 fully saturated rings. The van der Waals surface area contributed by atoms with Gasteiger partial charge in [-0.1, -0.05) is 5.16 Å². The second-order valence-corrected chi connectivity index (χ2v) is 4.83. The molecule has 6 nitrogen and oxygen atoms in total. The molecule has 1 aromatic heterocycles. The zero-order chi connectivity index (χ0) is 13.3.